The maximum Gasteiger partial charge on any atom is 0.472 e. The van der Waals surface area contributed by atoms with Crippen molar-refractivity contribution in [1.29, 1.82) is 0 Å². The fourth-order valence-corrected chi connectivity index (χ4v) is 5.95. The van der Waals surface area contributed by atoms with E-state index in [-0.39, 0.29) is 19.4 Å². The molecule has 0 aromatic heterocycles. The van der Waals surface area contributed by atoms with E-state index in [1.54, 1.807) is 0 Å². The third-order valence-corrected chi connectivity index (χ3v) is 9.12. The van der Waals surface area contributed by atoms with Gasteiger partial charge in [-0.15, -0.1) is 0 Å². The number of carbonyl (C=O) groups is 2. The summed E-state index contributed by atoms with van der Waals surface area (Å²) in [4.78, 5) is 34.8. The Kier molecular flexibility index (Phi) is 33.3. The predicted molar refractivity (Wildman–Crippen MR) is 192 cm³/mol. The second-order valence-electron chi connectivity index (χ2n) is 13.0. The highest BCUT2D eigenvalue weighted by molar-refractivity contribution is 7.47. The first-order valence-corrected chi connectivity index (χ1v) is 20.6. The topological polar surface area (TPSA) is 149 Å². The van der Waals surface area contributed by atoms with Crippen LogP contribution in [-0.4, -0.2) is 65.7 Å². The van der Waals surface area contributed by atoms with E-state index >= 15 is 0 Å². The highest BCUT2D eigenvalue weighted by atomic mass is 31.2. The van der Waals surface area contributed by atoms with Crippen molar-refractivity contribution in [1.82, 2.24) is 0 Å². The minimum absolute atomic E-state index is 0.186. The van der Waals surface area contributed by atoms with Crippen LogP contribution in [0.1, 0.15) is 174 Å². The number of hydrogen-bond donors (Lipinski definition) is 3. The molecule has 0 fully saturated rings. The average molecular weight is 707 g/mol. The summed E-state index contributed by atoms with van der Waals surface area (Å²) in [7, 11) is -4.61. The van der Waals surface area contributed by atoms with Crippen LogP contribution in [-0.2, 0) is 32.7 Å². The summed E-state index contributed by atoms with van der Waals surface area (Å²) in [5.74, 6) is -0.939. The smallest absolute Gasteiger partial charge is 0.462 e. The van der Waals surface area contributed by atoms with Crippen LogP contribution in [0.4, 0.5) is 0 Å². The van der Waals surface area contributed by atoms with Crippen molar-refractivity contribution in [3.8, 4) is 0 Å². The van der Waals surface area contributed by atoms with Gasteiger partial charge >= 0.3 is 19.8 Å². The Bertz CT molecular complexity index is 822. The van der Waals surface area contributed by atoms with Crippen LogP contribution < -0.4 is 0 Å². The minimum Gasteiger partial charge on any atom is -0.462 e. The van der Waals surface area contributed by atoms with Crippen LogP contribution in [0.2, 0.25) is 0 Å². The van der Waals surface area contributed by atoms with E-state index in [0.717, 1.165) is 44.9 Å². The summed E-state index contributed by atoms with van der Waals surface area (Å²) in [5, 5.41) is 18.3. The molecule has 0 aliphatic rings. The number of phosphoric ester groups is 1. The normalized spacial score (nSPS) is 14.2. The maximum atomic E-state index is 12.5. The number of rotatable bonds is 36. The second-order valence-corrected chi connectivity index (χ2v) is 14.4. The molecule has 0 saturated carbocycles. The zero-order valence-corrected chi connectivity index (χ0v) is 31.4. The number of unbranched alkanes of at least 4 members (excludes halogenated alkanes) is 20. The summed E-state index contributed by atoms with van der Waals surface area (Å²) >= 11 is 0. The van der Waals surface area contributed by atoms with Gasteiger partial charge in [-0.1, -0.05) is 135 Å². The van der Waals surface area contributed by atoms with Gasteiger partial charge in [0.15, 0.2) is 6.10 Å². The van der Waals surface area contributed by atoms with Crippen LogP contribution in [0.5, 0.6) is 0 Å². The zero-order chi connectivity index (χ0) is 35.6. The van der Waals surface area contributed by atoms with Crippen LogP contribution >= 0.6 is 7.82 Å². The Morgan fingerprint density at radius 3 is 1.52 bits per heavy atom. The molecule has 1 unspecified atom stereocenters. The molecule has 11 heteroatoms. The fraction of sp³-hybridized carbons (Fsp3) is 0.892. The Hall–Kier alpha value is -1.29. The van der Waals surface area contributed by atoms with Crippen LogP contribution in [0, 0.1) is 0 Å². The molecule has 48 heavy (non-hydrogen) atoms. The largest absolute Gasteiger partial charge is 0.472 e. The first kappa shape index (κ1) is 46.7. The lowest BCUT2D eigenvalue weighted by atomic mass is 10.0. The molecular formula is C37H71O10P. The molecule has 3 atom stereocenters. The number of carbonyl (C=O) groups excluding carboxylic acids is 2. The molecule has 0 bridgehead atoms. The van der Waals surface area contributed by atoms with Gasteiger partial charge in [0, 0.05) is 12.8 Å². The third-order valence-electron chi connectivity index (χ3n) is 8.17. The Morgan fingerprint density at radius 2 is 1.02 bits per heavy atom. The average Bonchev–Trinajstić information content (AvgIpc) is 3.07. The molecule has 0 aromatic carbocycles. The lowest BCUT2D eigenvalue weighted by molar-refractivity contribution is -0.161. The van der Waals surface area contributed by atoms with Crippen LogP contribution in [0.25, 0.3) is 0 Å². The van der Waals surface area contributed by atoms with Crippen molar-refractivity contribution in [3.63, 3.8) is 0 Å². The number of allylic oxidation sites excluding steroid dienone is 2. The van der Waals surface area contributed by atoms with E-state index < -0.39 is 51.8 Å². The van der Waals surface area contributed by atoms with Gasteiger partial charge in [0.2, 0.25) is 0 Å². The summed E-state index contributed by atoms with van der Waals surface area (Å²) in [6.07, 6.45) is 29.0. The first-order valence-electron chi connectivity index (χ1n) is 19.1. The van der Waals surface area contributed by atoms with E-state index in [9.17, 15) is 24.2 Å². The molecule has 0 aliphatic heterocycles. The van der Waals surface area contributed by atoms with Gasteiger partial charge in [-0.2, -0.15) is 0 Å². The number of ether oxygens (including phenoxy) is 2. The van der Waals surface area contributed by atoms with E-state index in [1.807, 2.05) is 0 Å². The molecule has 0 amide bonds. The standard InChI is InChI=1S/C37H71O10P/c1-3-5-7-9-11-13-15-17-19-20-22-24-26-28-36(40)44-32-35(33-46-48(42,43)45-31-34(39)30-38)47-37(41)29-27-25-23-21-18-16-14-12-10-8-6-4-2/h17,19,34-35,38-39H,3-16,18,20-33H2,1-2H3,(H,42,43)/b19-17+/t34-,35+/m0/s1. The van der Waals surface area contributed by atoms with E-state index in [1.165, 1.54) is 89.9 Å². The quantitative estimate of drug-likeness (QED) is 0.0249. The van der Waals surface area contributed by atoms with E-state index in [2.05, 4.69) is 30.5 Å². The van der Waals surface area contributed by atoms with Gasteiger partial charge in [-0.25, -0.2) is 4.57 Å². The SMILES string of the molecule is CCCCCCCC/C=C/CCCCCC(=O)OC[C@H](COP(=O)(O)OC[C@@H](O)CO)OC(=O)CCCCCCCCCCCCCC. The van der Waals surface area contributed by atoms with Gasteiger partial charge in [0.25, 0.3) is 0 Å². The first-order chi connectivity index (χ1) is 23.2. The number of hydrogen-bond acceptors (Lipinski definition) is 9. The van der Waals surface area contributed by atoms with E-state index in [0.29, 0.717) is 12.8 Å². The van der Waals surface area contributed by atoms with Crippen molar-refractivity contribution < 1.29 is 47.8 Å². The molecule has 0 spiro atoms. The Balaban J connectivity index is 4.38. The minimum atomic E-state index is -4.61. The summed E-state index contributed by atoms with van der Waals surface area (Å²) < 4.78 is 32.5. The summed E-state index contributed by atoms with van der Waals surface area (Å²) in [5.41, 5.74) is 0. The fourth-order valence-electron chi connectivity index (χ4n) is 5.16. The highest BCUT2D eigenvalue weighted by Crippen LogP contribution is 2.43. The molecule has 0 aliphatic carbocycles. The van der Waals surface area contributed by atoms with Gasteiger partial charge in [-0.05, 0) is 38.5 Å². The van der Waals surface area contributed by atoms with Crippen molar-refractivity contribution >= 4 is 19.8 Å². The van der Waals surface area contributed by atoms with E-state index in [4.69, 9.17) is 19.1 Å². The highest BCUT2D eigenvalue weighted by Gasteiger charge is 2.27. The molecule has 10 nitrogen and oxygen atoms in total. The molecule has 0 saturated heterocycles. The second kappa shape index (κ2) is 34.2. The number of esters is 2. The van der Waals surface area contributed by atoms with Crippen molar-refractivity contribution in [3.05, 3.63) is 12.2 Å². The third kappa shape index (κ3) is 33.2. The molecule has 0 heterocycles. The predicted octanol–water partition coefficient (Wildman–Crippen LogP) is 9.28. The molecule has 0 rings (SSSR count). The monoisotopic (exact) mass is 706 g/mol. The Labute approximate surface area is 292 Å². The molecule has 0 aromatic rings. The van der Waals surface area contributed by atoms with Crippen molar-refractivity contribution in [2.45, 2.75) is 187 Å². The van der Waals surface area contributed by atoms with Gasteiger partial charge < -0.3 is 24.6 Å². The number of aliphatic hydroxyl groups excluding tert-OH is 2. The summed E-state index contributed by atoms with van der Waals surface area (Å²) in [6.45, 7) is 2.34. The number of aliphatic hydroxyl groups is 2. The van der Waals surface area contributed by atoms with Gasteiger partial charge in [-0.3, -0.25) is 18.6 Å². The molecule has 0 radical (unpaired) electrons. The molecular weight excluding hydrogens is 635 g/mol. The van der Waals surface area contributed by atoms with Crippen molar-refractivity contribution in [2.75, 3.05) is 26.4 Å². The van der Waals surface area contributed by atoms with Gasteiger partial charge in [0.05, 0.1) is 19.8 Å². The Morgan fingerprint density at radius 1 is 0.604 bits per heavy atom. The lowest BCUT2D eigenvalue weighted by Crippen LogP contribution is -2.29. The number of phosphoric acid groups is 1. The van der Waals surface area contributed by atoms with Crippen LogP contribution in [0.15, 0.2) is 12.2 Å². The van der Waals surface area contributed by atoms with Crippen LogP contribution in [0.3, 0.4) is 0 Å². The lowest BCUT2D eigenvalue weighted by Gasteiger charge is -2.20. The zero-order valence-electron chi connectivity index (χ0n) is 30.5. The van der Waals surface area contributed by atoms with Gasteiger partial charge in [0.1, 0.15) is 12.7 Å². The maximum absolute atomic E-state index is 12.5. The molecule has 3 N–H and O–H groups in total. The summed E-state index contributed by atoms with van der Waals surface area (Å²) in [6, 6.07) is 0. The molecule has 284 valence electrons. The van der Waals surface area contributed by atoms with Crippen molar-refractivity contribution in [2.24, 2.45) is 0 Å².